The summed E-state index contributed by atoms with van der Waals surface area (Å²) in [6, 6.07) is 9.75. The summed E-state index contributed by atoms with van der Waals surface area (Å²) in [5.74, 6) is -1.44. The van der Waals surface area contributed by atoms with Crippen molar-refractivity contribution in [2.75, 3.05) is 19.6 Å². The first-order valence-electron chi connectivity index (χ1n) is 8.38. The Labute approximate surface area is 141 Å². The van der Waals surface area contributed by atoms with E-state index >= 15 is 0 Å². The predicted octanol–water partition coefficient (Wildman–Crippen LogP) is 1.36. The van der Waals surface area contributed by atoms with Crippen LogP contribution in [0.1, 0.15) is 24.8 Å². The van der Waals surface area contributed by atoms with E-state index in [1.807, 2.05) is 30.3 Å². The molecule has 0 aromatic heterocycles. The Balaban J connectivity index is 1.55. The van der Waals surface area contributed by atoms with Crippen LogP contribution in [0.2, 0.25) is 0 Å². The van der Waals surface area contributed by atoms with Crippen LogP contribution in [-0.2, 0) is 20.9 Å². The molecule has 2 heterocycles. The minimum atomic E-state index is -0.785. The number of rotatable bonds is 4. The molecule has 2 aliphatic heterocycles. The Hall–Kier alpha value is -2.37. The minimum Gasteiger partial charge on any atom is -0.481 e. The van der Waals surface area contributed by atoms with Gasteiger partial charge in [0.25, 0.3) is 0 Å². The molecule has 1 N–H and O–H groups in total. The van der Waals surface area contributed by atoms with Crippen LogP contribution in [0, 0.1) is 11.8 Å². The average molecular weight is 330 g/mol. The lowest BCUT2D eigenvalue weighted by molar-refractivity contribution is -0.146. The van der Waals surface area contributed by atoms with Crippen molar-refractivity contribution in [3.05, 3.63) is 35.9 Å². The lowest BCUT2D eigenvalue weighted by atomic mass is 9.95. The number of nitrogens with zero attached hydrogens (tertiary/aromatic N) is 2. The van der Waals surface area contributed by atoms with Gasteiger partial charge in [-0.25, -0.2) is 0 Å². The summed E-state index contributed by atoms with van der Waals surface area (Å²) in [6.07, 6.45) is 1.25. The van der Waals surface area contributed by atoms with Crippen LogP contribution in [0.3, 0.4) is 0 Å². The molecule has 6 nitrogen and oxygen atoms in total. The summed E-state index contributed by atoms with van der Waals surface area (Å²) in [5.41, 5.74) is 1.06. The number of piperidine rings is 1. The van der Waals surface area contributed by atoms with Gasteiger partial charge in [0.15, 0.2) is 0 Å². The fourth-order valence-corrected chi connectivity index (χ4v) is 3.50. The van der Waals surface area contributed by atoms with Gasteiger partial charge in [0.1, 0.15) is 0 Å². The molecular formula is C18H22N2O4. The summed E-state index contributed by atoms with van der Waals surface area (Å²) < 4.78 is 0. The summed E-state index contributed by atoms with van der Waals surface area (Å²) in [6.45, 7) is 1.92. The van der Waals surface area contributed by atoms with Gasteiger partial charge in [-0.05, 0) is 18.4 Å². The Morgan fingerprint density at radius 1 is 1.08 bits per heavy atom. The maximum atomic E-state index is 12.6. The molecule has 0 aliphatic carbocycles. The van der Waals surface area contributed by atoms with Crippen molar-refractivity contribution in [1.82, 2.24) is 9.80 Å². The Bertz CT molecular complexity index is 623. The molecule has 0 bridgehead atoms. The minimum absolute atomic E-state index is 0.0113. The first kappa shape index (κ1) is 16.5. The van der Waals surface area contributed by atoms with Crippen molar-refractivity contribution in [2.45, 2.75) is 25.8 Å². The number of carbonyl (C=O) groups is 3. The number of carbonyl (C=O) groups excluding carboxylic acids is 2. The molecule has 24 heavy (non-hydrogen) atoms. The van der Waals surface area contributed by atoms with Crippen LogP contribution in [0.4, 0.5) is 0 Å². The zero-order valence-electron chi connectivity index (χ0n) is 13.6. The van der Waals surface area contributed by atoms with Crippen LogP contribution in [0.25, 0.3) is 0 Å². The standard InChI is InChI=1S/C18H22N2O4/c21-16-10-15(12-20(16)11-13-4-2-1-3-5-13)17(22)19-8-6-14(7-9-19)18(23)24/h1-5,14-15H,6-12H2,(H,23,24). The lowest BCUT2D eigenvalue weighted by Gasteiger charge is -2.31. The Morgan fingerprint density at radius 2 is 1.75 bits per heavy atom. The number of aliphatic carboxylic acids is 1. The number of hydrogen-bond acceptors (Lipinski definition) is 3. The van der Waals surface area contributed by atoms with E-state index in [9.17, 15) is 14.4 Å². The van der Waals surface area contributed by atoms with Gasteiger partial charge < -0.3 is 14.9 Å². The van der Waals surface area contributed by atoms with E-state index in [0.717, 1.165) is 5.56 Å². The average Bonchev–Trinajstić information content (AvgIpc) is 2.96. The highest BCUT2D eigenvalue weighted by Gasteiger charge is 2.37. The van der Waals surface area contributed by atoms with E-state index in [1.165, 1.54) is 0 Å². The van der Waals surface area contributed by atoms with Gasteiger partial charge >= 0.3 is 5.97 Å². The topological polar surface area (TPSA) is 77.9 Å². The molecule has 2 aliphatic rings. The smallest absolute Gasteiger partial charge is 0.306 e. The molecule has 3 rings (SSSR count). The highest BCUT2D eigenvalue weighted by atomic mass is 16.4. The van der Waals surface area contributed by atoms with E-state index in [-0.39, 0.29) is 30.1 Å². The number of carboxylic acid groups (broad SMARTS) is 1. The monoisotopic (exact) mass is 330 g/mol. The van der Waals surface area contributed by atoms with E-state index < -0.39 is 5.97 Å². The molecule has 128 valence electrons. The predicted molar refractivity (Wildman–Crippen MR) is 86.9 cm³/mol. The molecule has 2 saturated heterocycles. The molecule has 0 spiro atoms. The van der Waals surface area contributed by atoms with Gasteiger partial charge in [-0.1, -0.05) is 30.3 Å². The van der Waals surface area contributed by atoms with Crippen molar-refractivity contribution in [3.63, 3.8) is 0 Å². The highest BCUT2D eigenvalue weighted by Crippen LogP contribution is 2.25. The van der Waals surface area contributed by atoms with Gasteiger partial charge in [-0.3, -0.25) is 14.4 Å². The maximum absolute atomic E-state index is 12.6. The van der Waals surface area contributed by atoms with Crippen LogP contribution in [-0.4, -0.2) is 52.3 Å². The van der Waals surface area contributed by atoms with Gasteiger partial charge in [0.05, 0.1) is 11.8 Å². The first-order chi connectivity index (χ1) is 11.5. The summed E-state index contributed by atoms with van der Waals surface area (Å²) >= 11 is 0. The SMILES string of the molecule is O=C(O)C1CCN(C(=O)C2CC(=O)N(Cc3ccccc3)C2)CC1. The van der Waals surface area contributed by atoms with Crippen LogP contribution >= 0.6 is 0 Å². The van der Waals surface area contributed by atoms with E-state index in [2.05, 4.69) is 0 Å². The third-order valence-corrected chi connectivity index (χ3v) is 4.94. The number of amides is 2. The summed E-state index contributed by atoms with van der Waals surface area (Å²) in [5, 5.41) is 9.03. The number of benzene rings is 1. The van der Waals surface area contributed by atoms with Crippen molar-refractivity contribution < 1.29 is 19.5 Å². The van der Waals surface area contributed by atoms with E-state index in [0.29, 0.717) is 39.0 Å². The molecule has 1 aromatic carbocycles. The first-order valence-corrected chi connectivity index (χ1v) is 8.38. The fraction of sp³-hybridized carbons (Fsp3) is 0.500. The molecule has 1 aromatic rings. The van der Waals surface area contributed by atoms with Gasteiger partial charge in [-0.2, -0.15) is 0 Å². The van der Waals surface area contributed by atoms with Crippen LogP contribution in [0.15, 0.2) is 30.3 Å². The second kappa shape index (κ2) is 7.03. The zero-order chi connectivity index (χ0) is 17.1. The highest BCUT2D eigenvalue weighted by molar-refractivity contribution is 5.89. The van der Waals surface area contributed by atoms with Crippen LogP contribution in [0.5, 0.6) is 0 Å². The molecule has 0 saturated carbocycles. The molecular weight excluding hydrogens is 308 g/mol. The number of hydrogen-bond donors (Lipinski definition) is 1. The maximum Gasteiger partial charge on any atom is 0.306 e. The number of likely N-dealkylation sites (tertiary alicyclic amines) is 2. The molecule has 6 heteroatoms. The number of carboxylic acids is 1. The third kappa shape index (κ3) is 3.58. The van der Waals surface area contributed by atoms with E-state index in [4.69, 9.17) is 5.11 Å². The van der Waals surface area contributed by atoms with Crippen LogP contribution < -0.4 is 0 Å². The summed E-state index contributed by atoms with van der Waals surface area (Å²) in [7, 11) is 0. The fourth-order valence-electron chi connectivity index (χ4n) is 3.50. The lowest BCUT2D eigenvalue weighted by Crippen LogP contribution is -2.43. The molecule has 0 radical (unpaired) electrons. The second-order valence-electron chi connectivity index (χ2n) is 6.60. The Kier molecular flexibility index (Phi) is 4.83. The second-order valence-corrected chi connectivity index (χ2v) is 6.60. The van der Waals surface area contributed by atoms with Crippen molar-refractivity contribution in [1.29, 1.82) is 0 Å². The van der Waals surface area contributed by atoms with Gasteiger partial charge in [0, 0.05) is 32.6 Å². The van der Waals surface area contributed by atoms with Gasteiger partial charge in [0.2, 0.25) is 11.8 Å². The summed E-state index contributed by atoms with van der Waals surface area (Å²) in [4.78, 5) is 39.3. The molecule has 1 unspecified atom stereocenters. The zero-order valence-corrected chi connectivity index (χ0v) is 13.6. The normalized spacial score (nSPS) is 22.0. The van der Waals surface area contributed by atoms with E-state index in [1.54, 1.807) is 9.80 Å². The molecule has 2 fully saturated rings. The largest absolute Gasteiger partial charge is 0.481 e. The Morgan fingerprint density at radius 3 is 2.38 bits per heavy atom. The van der Waals surface area contributed by atoms with Crippen molar-refractivity contribution in [3.8, 4) is 0 Å². The molecule has 1 atom stereocenters. The third-order valence-electron chi connectivity index (χ3n) is 4.94. The quantitative estimate of drug-likeness (QED) is 0.904. The van der Waals surface area contributed by atoms with Crippen molar-refractivity contribution in [2.24, 2.45) is 11.8 Å². The van der Waals surface area contributed by atoms with Crippen molar-refractivity contribution >= 4 is 17.8 Å². The van der Waals surface area contributed by atoms with Gasteiger partial charge in [-0.15, -0.1) is 0 Å². The molecule has 2 amide bonds.